The highest BCUT2D eigenvalue weighted by Crippen LogP contribution is 2.16. The fraction of sp³-hybridized carbons (Fsp3) is 0.333. The minimum Gasteiger partial charge on any atom is -0.450 e. The van der Waals surface area contributed by atoms with E-state index in [0.717, 1.165) is 4.47 Å². The molecule has 1 aromatic carbocycles. The molecule has 1 aromatic rings. The van der Waals surface area contributed by atoms with Gasteiger partial charge in [0.15, 0.2) is 0 Å². The van der Waals surface area contributed by atoms with Crippen LogP contribution in [0.1, 0.15) is 13.8 Å². The van der Waals surface area contributed by atoms with Gasteiger partial charge in [-0.3, -0.25) is 0 Å². The molecule has 0 saturated heterocycles. The van der Waals surface area contributed by atoms with E-state index in [-0.39, 0.29) is 19.0 Å². The van der Waals surface area contributed by atoms with Crippen molar-refractivity contribution in [3.63, 3.8) is 0 Å². The lowest BCUT2D eigenvalue weighted by Crippen LogP contribution is -2.41. The molecule has 19 heavy (non-hydrogen) atoms. The summed E-state index contributed by atoms with van der Waals surface area (Å²) in [5.41, 5.74) is 0. The number of hydrogen-bond donors (Lipinski definition) is 1. The lowest BCUT2D eigenvalue weighted by atomic mass is 10.3. The Morgan fingerprint density at radius 1 is 1.32 bits per heavy atom. The Kier molecular flexibility index (Phi) is 8.18. The van der Waals surface area contributed by atoms with E-state index in [4.69, 9.17) is 4.74 Å². The highest BCUT2D eigenvalue weighted by Gasteiger charge is 2.18. The third kappa shape index (κ3) is 6.45. The SMILES string of the molecule is CCOC(=O)N[C@@H](C)C(=O)Oc1ccc(Br)cc1.Cl. The smallest absolute Gasteiger partial charge is 0.407 e. The van der Waals surface area contributed by atoms with Crippen LogP contribution in [-0.2, 0) is 9.53 Å². The van der Waals surface area contributed by atoms with Crippen LogP contribution >= 0.6 is 28.3 Å². The van der Waals surface area contributed by atoms with Gasteiger partial charge in [-0.25, -0.2) is 9.59 Å². The fourth-order valence-electron chi connectivity index (χ4n) is 1.12. The topological polar surface area (TPSA) is 64.6 Å². The number of hydrogen-bond acceptors (Lipinski definition) is 4. The highest BCUT2D eigenvalue weighted by molar-refractivity contribution is 9.10. The van der Waals surface area contributed by atoms with Gasteiger partial charge in [0.2, 0.25) is 0 Å². The third-order valence-corrected chi connectivity index (χ3v) is 2.52. The monoisotopic (exact) mass is 351 g/mol. The largest absolute Gasteiger partial charge is 0.450 e. The summed E-state index contributed by atoms with van der Waals surface area (Å²) in [6, 6.07) is 6.05. The second-order valence-electron chi connectivity index (χ2n) is 3.46. The van der Waals surface area contributed by atoms with E-state index in [2.05, 4.69) is 26.0 Å². The molecule has 1 atom stereocenters. The van der Waals surface area contributed by atoms with Crippen molar-refractivity contribution in [1.82, 2.24) is 5.32 Å². The molecule has 7 heteroatoms. The average molecular weight is 353 g/mol. The zero-order chi connectivity index (χ0) is 13.5. The number of nitrogens with one attached hydrogen (secondary N) is 1. The molecule has 0 fully saturated rings. The first-order valence-corrected chi connectivity index (χ1v) is 6.22. The summed E-state index contributed by atoms with van der Waals surface area (Å²) in [6.07, 6.45) is -0.641. The van der Waals surface area contributed by atoms with Crippen molar-refractivity contribution in [2.75, 3.05) is 6.61 Å². The Bertz CT molecular complexity index is 424. The standard InChI is InChI=1S/C12H14BrNO4.ClH/c1-3-17-12(16)14-8(2)11(15)18-10-6-4-9(13)5-7-10;/h4-8H,3H2,1-2H3,(H,14,16);1H/t8-;/m0./s1. The molecular formula is C12H15BrClNO4. The molecule has 0 saturated carbocycles. The second-order valence-corrected chi connectivity index (χ2v) is 4.38. The fourth-order valence-corrected chi connectivity index (χ4v) is 1.38. The Morgan fingerprint density at radius 3 is 2.42 bits per heavy atom. The number of rotatable bonds is 4. The number of benzene rings is 1. The highest BCUT2D eigenvalue weighted by atomic mass is 79.9. The Balaban J connectivity index is 0.00000324. The van der Waals surface area contributed by atoms with E-state index < -0.39 is 18.1 Å². The van der Waals surface area contributed by atoms with Gasteiger partial charge in [-0.2, -0.15) is 0 Å². The summed E-state index contributed by atoms with van der Waals surface area (Å²) in [7, 11) is 0. The van der Waals surface area contributed by atoms with Crippen LogP contribution in [0.15, 0.2) is 28.7 Å². The molecule has 0 unspecified atom stereocenters. The summed E-state index contributed by atoms with van der Waals surface area (Å²) in [4.78, 5) is 22.7. The molecule has 1 rings (SSSR count). The van der Waals surface area contributed by atoms with Crippen LogP contribution in [0, 0.1) is 0 Å². The Hall–Kier alpha value is -1.27. The predicted molar refractivity (Wildman–Crippen MR) is 76.6 cm³/mol. The number of halogens is 2. The third-order valence-electron chi connectivity index (χ3n) is 2.00. The van der Waals surface area contributed by atoms with Gasteiger partial charge in [-0.15, -0.1) is 12.4 Å². The number of carbonyl (C=O) groups is 2. The minimum absolute atomic E-state index is 0. The van der Waals surface area contributed by atoms with Crippen LogP contribution in [0.4, 0.5) is 4.79 Å². The Morgan fingerprint density at radius 2 is 1.89 bits per heavy atom. The second kappa shape index (κ2) is 8.77. The molecule has 106 valence electrons. The van der Waals surface area contributed by atoms with Crippen LogP contribution in [0.2, 0.25) is 0 Å². The van der Waals surface area contributed by atoms with Crippen molar-refractivity contribution in [2.45, 2.75) is 19.9 Å². The maximum Gasteiger partial charge on any atom is 0.407 e. The van der Waals surface area contributed by atoms with E-state index in [9.17, 15) is 9.59 Å². The molecule has 0 aromatic heterocycles. The summed E-state index contributed by atoms with van der Waals surface area (Å²) in [6.45, 7) is 3.46. The summed E-state index contributed by atoms with van der Waals surface area (Å²) < 4.78 is 10.6. The first-order valence-electron chi connectivity index (χ1n) is 5.43. The van der Waals surface area contributed by atoms with Crippen LogP contribution in [0.5, 0.6) is 5.75 Å². The van der Waals surface area contributed by atoms with Crippen molar-refractivity contribution in [2.24, 2.45) is 0 Å². The lowest BCUT2D eigenvalue weighted by molar-refractivity contribution is -0.136. The number of esters is 1. The van der Waals surface area contributed by atoms with Crippen molar-refractivity contribution < 1.29 is 19.1 Å². The zero-order valence-corrected chi connectivity index (χ0v) is 12.9. The molecule has 1 amide bonds. The number of alkyl carbamates (subject to hydrolysis) is 1. The van der Waals surface area contributed by atoms with Crippen LogP contribution < -0.4 is 10.1 Å². The summed E-state index contributed by atoms with van der Waals surface area (Å²) in [5.74, 6) is -0.133. The van der Waals surface area contributed by atoms with Gasteiger partial charge in [0.1, 0.15) is 11.8 Å². The summed E-state index contributed by atoms with van der Waals surface area (Å²) in [5, 5.41) is 2.37. The lowest BCUT2D eigenvalue weighted by Gasteiger charge is -2.12. The Labute approximate surface area is 126 Å². The minimum atomic E-state index is -0.771. The molecule has 0 heterocycles. The van der Waals surface area contributed by atoms with E-state index in [0.29, 0.717) is 5.75 Å². The molecule has 5 nitrogen and oxygen atoms in total. The van der Waals surface area contributed by atoms with Gasteiger partial charge in [0.05, 0.1) is 6.61 Å². The quantitative estimate of drug-likeness (QED) is 0.668. The summed E-state index contributed by atoms with van der Waals surface area (Å²) >= 11 is 3.28. The molecule has 0 aliphatic rings. The molecule has 1 N–H and O–H groups in total. The zero-order valence-electron chi connectivity index (χ0n) is 10.5. The van der Waals surface area contributed by atoms with Gasteiger partial charge in [0, 0.05) is 4.47 Å². The van der Waals surface area contributed by atoms with Gasteiger partial charge >= 0.3 is 12.1 Å². The number of carbonyl (C=O) groups excluding carboxylic acids is 2. The van der Waals surface area contributed by atoms with E-state index >= 15 is 0 Å². The van der Waals surface area contributed by atoms with Crippen molar-refractivity contribution >= 4 is 40.4 Å². The number of ether oxygens (including phenoxy) is 2. The maximum absolute atomic E-state index is 11.6. The first-order chi connectivity index (χ1) is 8.52. The molecule has 0 aliphatic heterocycles. The van der Waals surface area contributed by atoms with Crippen LogP contribution in [0.25, 0.3) is 0 Å². The van der Waals surface area contributed by atoms with Gasteiger partial charge in [0.25, 0.3) is 0 Å². The maximum atomic E-state index is 11.6. The van der Waals surface area contributed by atoms with Crippen molar-refractivity contribution in [3.05, 3.63) is 28.7 Å². The molecular weight excluding hydrogens is 337 g/mol. The molecule has 0 radical (unpaired) electrons. The van der Waals surface area contributed by atoms with Crippen LogP contribution in [-0.4, -0.2) is 24.7 Å². The van der Waals surface area contributed by atoms with Crippen LogP contribution in [0.3, 0.4) is 0 Å². The van der Waals surface area contributed by atoms with E-state index in [1.165, 1.54) is 6.92 Å². The van der Waals surface area contributed by atoms with Gasteiger partial charge in [-0.1, -0.05) is 15.9 Å². The van der Waals surface area contributed by atoms with Crippen molar-refractivity contribution in [3.8, 4) is 5.75 Å². The molecule has 0 spiro atoms. The van der Waals surface area contributed by atoms with Gasteiger partial charge < -0.3 is 14.8 Å². The average Bonchev–Trinajstić information content (AvgIpc) is 2.32. The predicted octanol–water partition coefficient (Wildman–Crippen LogP) is 2.91. The van der Waals surface area contributed by atoms with E-state index in [1.54, 1.807) is 31.2 Å². The van der Waals surface area contributed by atoms with E-state index in [1.807, 2.05) is 0 Å². The normalized spacial score (nSPS) is 10.9. The van der Waals surface area contributed by atoms with Crippen molar-refractivity contribution in [1.29, 1.82) is 0 Å². The first kappa shape index (κ1) is 17.7. The number of amides is 1. The molecule has 0 aliphatic carbocycles. The molecule has 0 bridgehead atoms. The van der Waals surface area contributed by atoms with Gasteiger partial charge in [-0.05, 0) is 38.1 Å².